The molecule has 1 fully saturated rings. The van der Waals surface area contributed by atoms with Crippen LogP contribution in [-0.4, -0.2) is 77.0 Å². The molecule has 2 aliphatic rings. The third-order valence-electron chi connectivity index (χ3n) is 6.59. The Kier molecular flexibility index (Phi) is 8.58. The maximum absolute atomic E-state index is 13.2. The number of hydrogen-bond donors (Lipinski definition) is 2. The molecule has 0 aromatic carbocycles. The zero-order valence-electron chi connectivity index (χ0n) is 21.6. The van der Waals surface area contributed by atoms with E-state index in [4.69, 9.17) is 9.47 Å². The molecule has 0 unspecified atom stereocenters. The lowest BCUT2D eigenvalue weighted by Crippen LogP contribution is -2.60. The van der Waals surface area contributed by atoms with Crippen molar-refractivity contribution in [2.24, 2.45) is 0 Å². The first-order valence-corrected chi connectivity index (χ1v) is 12.4. The first-order chi connectivity index (χ1) is 18.8. The van der Waals surface area contributed by atoms with Gasteiger partial charge in [-0.3, -0.25) is 9.59 Å². The van der Waals surface area contributed by atoms with Gasteiger partial charge in [0.2, 0.25) is 5.91 Å². The smallest absolute Gasteiger partial charge is 0.379 e. The Morgan fingerprint density at radius 2 is 1.98 bits per heavy atom. The Bertz CT molecular complexity index is 1270. The van der Waals surface area contributed by atoms with E-state index in [9.17, 15) is 35.9 Å². The highest BCUT2D eigenvalue weighted by Gasteiger charge is 2.40. The Hall–Kier alpha value is -3.40. The Balaban J connectivity index is 1.30. The van der Waals surface area contributed by atoms with Crippen LogP contribution in [0, 0.1) is 0 Å². The number of ether oxygens (including phenoxy) is 2. The number of pyridine rings is 1. The molecule has 40 heavy (non-hydrogen) atoms. The lowest BCUT2D eigenvalue weighted by atomic mass is 10.1. The number of anilines is 2. The number of fused-ring (bicyclic) bond motifs is 3. The van der Waals surface area contributed by atoms with Crippen molar-refractivity contribution in [2.45, 2.75) is 57.4 Å². The summed E-state index contributed by atoms with van der Waals surface area (Å²) in [4.78, 5) is 32.1. The number of carbonyl (C=O) groups excluding carboxylic acids is 1. The van der Waals surface area contributed by atoms with E-state index in [1.54, 1.807) is 16.9 Å². The van der Waals surface area contributed by atoms with Crippen molar-refractivity contribution in [1.82, 2.24) is 20.1 Å². The van der Waals surface area contributed by atoms with Gasteiger partial charge in [0.05, 0.1) is 56.3 Å². The van der Waals surface area contributed by atoms with E-state index in [-0.39, 0.29) is 57.4 Å². The second kappa shape index (κ2) is 11.6. The van der Waals surface area contributed by atoms with Crippen LogP contribution < -0.4 is 15.8 Å². The molecule has 0 aliphatic carbocycles. The zero-order chi connectivity index (χ0) is 29.2. The van der Waals surface area contributed by atoms with Gasteiger partial charge in [0.15, 0.2) is 0 Å². The number of aromatic nitrogens is 3. The summed E-state index contributed by atoms with van der Waals surface area (Å²) in [6.45, 7) is 4.12. The fourth-order valence-corrected chi connectivity index (χ4v) is 4.88. The highest BCUT2D eigenvalue weighted by Crippen LogP contribution is 2.35. The standard InChI is InChI=1S/C24H28F6N6O4/c1-13(33-18-7-32-34-22(38)20(18)24(28,29)30)10-39-4-3-19(37)35-8-14(2)36-17(9-35)12-40-11-15-5-16(23(25,26)27)6-31-21(15)36/h5-7,13-14,17H,3-4,8-12H2,1-2H3,(H2,33,34,38)/t13-,14-,17+/m0/s1. The van der Waals surface area contributed by atoms with Crippen molar-refractivity contribution in [1.29, 1.82) is 0 Å². The van der Waals surface area contributed by atoms with Gasteiger partial charge in [-0.1, -0.05) is 0 Å². The van der Waals surface area contributed by atoms with Gasteiger partial charge < -0.3 is 24.6 Å². The van der Waals surface area contributed by atoms with Crippen LogP contribution in [0.25, 0.3) is 0 Å². The van der Waals surface area contributed by atoms with Gasteiger partial charge in [-0.05, 0) is 19.9 Å². The van der Waals surface area contributed by atoms with Crippen molar-refractivity contribution < 1.29 is 40.6 Å². The molecular formula is C24H28F6N6O4. The van der Waals surface area contributed by atoms with Crippen LogP contribution in [0.5, 0.6) is 0 Å². The zero-order valence-corrected chi connectivity index (χ0v) is 21.6. The van der Waals surface area contributed by atoms with Gasteiger partial charge in [-0.25, -0.2) is 10.1 Å². The summed E-state index contributed by atoms with van der Waals surface area (Å²) < 4.78 is 90.2. The minimum absolute atomic E-state index is 0.00493. The van der Waals surface area contributed by atoms with E-state index in [0.717, 1.165) is 18.5 Å². The van der Waals surface area contributed by atoms with Gasteiger partial charge in [-0.2, -0.15) is 31.4 Å². The molecule has 220 valence electrons. The fraction of sp³-hybridized carbons (Fsp3) is 0.583. The number of aromatic amines is 1. The summed E-state index contributed by atoms with van der Waals surface area (Å²) in [5.41, 5.74) is -3.76. The number of nitrogens with one attached hydrogen (secondary N) is 2. The normalized spacial score (nSPS) is 20.4. The van der Waals surface area contributed by atoms with E-state index in [1.807, 2.05) is 11.8 Å². The number of rotatable bonds is 7. The van der Waals surface area contributed by atoms with E-state index in [2.05, 4.69) is 15.4 Å². The third-order valence-corrected chi connectivity index (χ3v) is 6.59. The van der Waals surface area contributed by atoms with Gasteiger partial charge in [0.1, 0.15) is 11.4 Å². The molecule has 2 aromatic rings. The summed E-state index contributed by atoms with van der Waals surface area (Å²) >= 11 is 0. The lowest BCUT2D eigenvalue weighted by Gasteiger charge is -2.45. The maximum atomic E-state index is 13.2. The van der Waals surface area contributed by atoms with E-state index >= 15 is 0 Å². The topological polar surface area (TPSA) is 113 Å². The summed E-state index contributed by atoms with van der Waals surface area (Å²) in [6, 6.07) is -0.146. The molecule has 0 radical (unpaired) electrons. The van der Waals surface area contributed by atoms with Crippen LogP contribution in [0.4, 0.5) is 37.8 Å². The molecule has 1 amide bonds. The molecule has 10 nitrogen and oxygen atoms in total. The molecule has 4 heterocycles. The van der Waals surface area contributed by atoms with Crippen LogP contribution in [0.3, 0.4) is 0 Å². The predicted molar refractivity (Wildman–Crippen MR) is 130 cm³/mol. The van der Waals surface area contributed by atoms with Crippen LogP contribution in [0.2, 0.25) is 0 Å². The van der Waals surface area contributed by atoms with Gasteiger partial charge >= 0.3 is 12.4 Å². The van der Waals surface area contributed by atoms with Crippen molar-refractivity contribution in [3.05, 3.63) is 45.5 Å². The Labute approximate surface area is 224 Å². The molecule has 0 bridgehead atoms. The molecular weight excluding hydrogens is 550 g/mol. The van der Waals surface area contributed by atoms with E-state index < -0.39 is 40.8 Å². The number of amides is 1. The van der Waals surface area contributed by atoms with Crippen molar-refractivity contribution >= 4 is 17.4 Å². The second-order valence-corrected chi connectivity index (χ2v) is 9.78. The first kappa shape index (κ1) is 29.6. The monoisotopic (exact) mass is 578 g/mol. The lowest BCUT2D eigenvalue weighted by molar-refractivity contribution is -0.138. The minimum Gasteiger partial charge on any atom is -0.379 e. The molecule has 4 rings (SSSR count). The molecule has 16 heteroatoms. The predicted octanol–water partition coefficient (Wildman–Crippen LogP) is 3.05. The fourth-order valence-electron chi connectivity index (χ4n) is 4.88. The summed E-state index contributed by atoms with van der Waals surface area (Å²) in [6.07, 6.45) is -7.72. The molecule has 2 N–H and O–H groups in total. The largest absolute Gasteiger partial charge is 0.423 e. The number of halogens is 6. The Morgan fingerprint density at radius 3 is 2.67 bits per heavy atom. The van der Waals surface area contributed by atoms with Crippen molar-refractivity contribution in [3.63, 3.8) is 0 Å². The SMILES string of the molecule is C[C@@H](COCCC(=O)N1C[C@@H]2COCc3cc(C(F)(F)F)cnc3N2[C@@H](C)C1)Nc1cn[nH]c(=O)c1C(F)(F)F. The van der Waals surface area contributed by atoms with E-state index in [1.165, 1.54) is 0 Å². The first-order valence-electron chi connectivity index (χ1n) is 12.4. The van der Waals surface area contributed by atoms with Crippen molar-refractivity contribution in [2.75, 3.05) is 43.1 Å². The number of piperazine rings is 1. The number of H-pyrrole nitrogens is 1. The quantitative estimate of drug-likeness (QED) is 0.381. The number of carbonyl (C=O) groups is 1. The average molecular weight is 579 g/mol. The van der Waals surface area contributed by atoms with Crippen LogP contribution in [0.15, 0.2) is 23.3 Å². The average Bonchev–Trinajstić information content (AvgIpc) is 3.04. The molecule has 1 saturated heterocycles. The summed E-state index contributed by atoms with van der Waals surface area (Å²) in [7, 11) is 0. The van der Waals surface area contributed by atoms with Crippen LogP contribution in [0.1, 0.15) is 37.0 Å². The molecule has 0 saturated carbocycles. The van der Waals surface area contributed by atoms with Gasteiger partial charge in [0.25, 0.3) is 5.56 Å². The van der Waals surface area contributed by atoms with Crippen molar-refractivity contribution in [3.8, 4) is 0 Å². The molecule has 2 aromatic heterocycles. The minimum atomic E-state index is -4.88. The third kappa shape index (κ3) is 6.66. The van der Waals surface area contributed by atoms with Gasteiger partial charge in [0, 0.05) is 36.9 Å². The van der Waals surface area contributed by atoms with Crippen LogP contribution >= 0.6 is 0 Å². The molecule has 2 aliphatic heterocycles. The molecule has 0 spiro atoms. The summed E-state index contributed by atoms with van der Waals surface area (Å²) in [5.74, 6) is 0.194. The van der Waals surface area contributed by atoms with E-state index in [0.29, 0.717) is 17.9 Å². The highest BCUT2D eigenvalue weighted by atomic mass is 19.4. The number of alkyl halides is 6. The number of hydrogen-bond acceptors (Lipinski definition) is 8. The maximum Gasteiger partial charge on any atom is 0.423 e. The number of nitrogens with zero attached hydrogens (tertiary/aromatic N) is 4. The highest BCUT2D eigenvalue weighted by molar-refractivity contribution is 5.77. The Morgan fingerprint density at radius 1 is 1.23 bits per heavy atom. The van der Waals surface area contributed by atoms with Gasteiger partial charge in [-0.15, -0.1) is 0 Å². The summed E-state index contributed by atoms with van der Waals surface area (Å²) in [5, 5.41) is 7.72. The molecule has 3 atom stereocenters. The van der Waals surface area contributed by atoms with Crippen LogP contribution in [-0.2, 0) is 33.2 Å². The second-order valence-electron chi connectivity index (χ2n) is 9.78.